The van der Waals surface area contributed by atoms with Crippen LogP contribution in [0, 0.1) is 10.1 Å². The Balaban J connectivity index is 1.58. The maximum absolute atomic E-state index is 13.9. The number of nitrogens with zero attached hydrogens (tertiary/aromatic N) is 4. The number of nitro benzene ring substituents is 1. The monoisotopic (exact) mass is 609 g/mol. The summed E-state index contributed by atoms with van der Waals surface area (Å²) in [6.07, 6.45) is 0.457. The number of nitro groups is 1. The van der Waals surface area contributed by atoms with Crippen LogP contribution >= 0.6 is 11.6 Å². The number of carbonyl (C=O) groups is 2. The highest BCUT2D eigenvalue weighted by atomic mass is 35.5. The van der Waals surface area contributed by atoms with Gasteiger partial charge in [-0.25, -0.2) is 0 Å². The topological polar surface area (TPSA) is 130 Å². The molecule has 12 nitrogen and oxygen atoms in total. The summed E-state index contributed by atoms with van der Waals surface area (Å²) in [5, 5.41) is 13.8. The van der Waals surface area contributed by atoms with Crippen LogP contribution in [-0.2, 0) is 6.42 Å². The predicted molar refractivity (Wildman–Crippen MR) is 164 cm³/mol. The number of nitrogens with one attached hydrogen (secondary N) is 1. The Morgan fingerprint density at radius 2 is 1.77 bits per heavy atom. The fraction of sp³-hybridized carbons (Fsp3) is 0.333. The van der Waals surface area contributed by atoms with Gasteiger partial charge in [-0.1, -0.05) is 0 Å². The Morgan fingerprint density at radius 3 is 2.40 bits per heavy atom. The molecule has 1 aromatic heterocycles. The number of fused-ring (bicyclic) bond motifs is 4. The lowest BCUT2D eigenvalue weighted by molar-refractivity contribution is -0.383. The van der Waals surface area contributed by atoms with Gasteiger partial charge >= 0.3 is 0 Å². The molecule has 4 aromatic rings. The van der Waals surface area contributed by atoms with Crippen LogP contribution in [0.3, 0.4) is 0 Å². The molecule has 13 heteroatoms. The molecule has 0 atom stereocenters. The highest BCUT2D eigenvalue weighted by Gasteiger charge is 2.32. The first kappa shape index (κ1) is 29.9. The SMILES string of the molecule is COc1cc2cc(C(=O)N3CCc4c3cc([N+](=O)[O-])c3ccc(C(=O)N(CCl)CCN(C)C)cc43)[nH]c2c(OC)c1OC. The van der Waals surface area contributed by atoms with Crippen molar-refractivity contribution in [2.75, 3.05) is 66.0 Å². The molecular formula is C30H32ClN5O7. The van der Waals surface area contributed by atoms with E-state index in [0.29, 0.717) is 76.2 Å². The molecule has 1 aliphatic rings. The third-order valence-electron chi connectivity index (χ3n) is 7.67. The average Bonchev–Trinajstić information content (AvgIpc) is 3.63. The second-order valence-corrected chi connectivity index (χ2v) is 10.6. The molecule has 1 aliphatic heterocycles. The zero-order valence-corrected chi connectivity index (χ0v) is 25.3. The van der Waals surface area contributed by atoms with E-state index in [1.807, 2.05) is 19.0 Å². The highest BCUT2D eigenvalue weighted by Crippen LogP contribution is 2.44. The quantitative estimate of drug-likeness (QED) is 0.119. The predicted octanol–water partition coefficient (Wildman–Crippen LogP) is 4.66. The lowest BCUT2D eigenvalue weighted by Gasteiger charge is -2.22. The van der Waals surface area contributed by atoms with Crippen molar-refractivity contribution in [2.45, 2.75) is 6.42 Å². The van der Waals surface area contributed by atoms with Crippen LogP contribution in [0.15, 0.2) is 36.4 Å². The summed E-state index contributed by atoms with van der Waals surface area (Å²) < 4.78 is 16.5. The molecule has 0 saturated heterocycles. The van der Waals surface area contributed by atoms with Gasteiger partial charge in [-0.05, 0) is 61.8 Å². The van der Waals surface area contributed by atoms with Gasteiger partial charge in [-0.15, -0.1) is 11.6 Å². The summed E-state index contributed by atoms with van der Waals surface area (Å²) in [5.74, 6) is 0.564. The second kappa shape index (κ2) is 12.0. The van der Waals surface area contributed by atoms with E-state index in [-0.39, 0.29) is 29.2 Å². The molecule has 226 valence electrons. The number of benzene rings is 3. The van der Waals surface area contributed by atoms with Gasteiger partial charge in [0.15, 0.2) is 11.5 Å². The van der Waals surface area contributed by atoms with E-state index in [1.54, 1.807) is 30.3 Å². The van der Waals surface area contributed by atoms with Crippen LogP contribution in [0.4, 0.5) is 11.4 Å². The third-order valence-corrected chi connectivity index (χ3v) is 7.96. The Hall–Kier alpha value is -4.55. The molecule has 0 bridgehead atoms. The zero-order chi connectivity index (χ0) is 31.0. The third kappa shape index (κ3) is 5.28. The number of rotatable bonds is 10. The van der Waals surface area contributed by atoms with E-state index in [0.717, 1.165) is 5.56 Å². The lowest BCUT2D eigenvalue weighted by atomic mass is 9.98. The molecule has 0 unspecified atom stereocenters. The molecule has 43 heavy (non-hydrogen) atoms. The number of halogens is 1. The second-order valence-electron chi connectivity index (χ2n) is 10.4. The van der Waals surface area contributed by atoms with Crippen molar-refractivity contribution in [3.63, 3.8) is 0 Å². The number of aromatic amines is 1. The summed E-state index contributed by atoms with van der Waals surface area (Å²) in [5.41, 5.74) is 2.21. The maximum atomic E-state index is 13.9. The van der Waals surface area contributed by atoms with Crippen molar-refractivity contribution in [1.82, 2.24) is 14.8 Å². The van der Waals surface area contributed by atoms with Crippen molar-refractivity contribution < 1.29 is 28.7 Å². The minimum atomic E-state index is -0.473. The van der Waals surface area contributed by atoms with Gasteiger partial charge in [0.1, 0.15) is 5.69 Å². The fourth-order valence-electron chi connectivity index (χ4n) is 5.52. The van der Waals surface area contributed by atoms with Gasteiger partial charge in [0.2, 0.25) is 5.75 Å². The lowest BCUT2D eigenvalue weighted by Crippen LogP contribution is -2.35. The number of carbonyl (C=O) groups excluding carboxylic acids is 2. The molecule has 0 fully saturated rings. The van der Waals surface area contributed by atoms with Gasteiger partial charge < -0.3 is 33.9 Å². The van der Waals surface area contributed by atoms with Crippen LogP contribution in [0.1, 0.15) is 26.4 Å². The number of alkyl halides is 1. The molecular weight excluding hydrogens is 578 g/mol. The number of non-ortho nitro benzene ring substituents is 1. The van der Waals surface area contributed by atoms with Crippen molar-refractivity contribution in [3.05, 3.63) is 63.3 Å². The number of ether oxygens (including phenoxy) is 3. The van der Waals surface area contributed by atoms with Gasteiger partial charge in [0.05, 0.1) is 48.8 Å². The van der Waals surface area contributed by atoms with E-state index < -0.39 is 4.92 Å². The van der Waals surface area contributed by atoms with Crippen LogP contribution < -0.4 is 19.1 Å². The Kier molecular flexibility index (Phi) is 8.34. The summed E-state index contributed by atoms with van der Waals surface area (Å²) in [7, 11) is 8.31. The molecule has 2 amide bonds. The zero-order valence-electron chi connectivity index (χ0n) is 24.5. The Labute approximate surface area is 252 Å². The number of H-pyrrole nitrogens is 1. The number of hydrogen-bond acceptors (Lipinski definition) is 8. The van der Waals surface area contributed by atoms with E-state index in [2.05, 4.69) is 4.98 Å². The van der Waals surface area contributed by atoms with Crippen molar-refractivity contribution >= 4 is 56.5 Å². The van der Waals surface area contributed by atoms with Gasteiger partial charge in [-0.3, -0.25) is 19.7 Å². The minimum Gasteiger partial charge on any atom is -0.493 e. The van der Waals surface area contributed by atoms with E-state index in [9.17, 15) is 19.7 Å². The molecule has 0 saturated carbocycles. The van der Waals surface area contributed by atoms with Crippen LogP contribution in [0.2, 0.25) is 0 Å². The van der Waals surface area contributed by atoms with E-state index in [4.69, 9.17) is 25.8 Å². The Morgan fingerprint density at radius 1 is 1.02 bits per heavy atom. The summed E-state index contributed by atoms with van der Waals surface area (Å²) in [6, 6.07) is 9.70. The first-order valence-corrected chi connectivity index (χ1v) is 14.0. The van der Waals surface area contributed by atoms with E-state index >= 15 is 0 Å². The molecule has 1 N–H and O–H groups in total. The fourth-order valence-corrected chi connectivity index (χ4v) is 5.74. The molecule has 5 rings (SSSR count). The largest absolute Gasteiger partial charge is 0.493 e. The molecule has 2 heterocycles. The number of anilines is 1. The van der Waals surface area contributed by atoms with Crippen LogP contribution in [0.5, 0.6) is 17.2 Å². The summed E-state index contributed by atoms with van der Waals surface area (Å²) in [4.78, 5) is 47.0. The van der Waals surface area contributed by atoms with Crippen LogP contribution in [-0.4, -0.2) is 92.6 Å². The summed E-state index contributed by atoms with van der Waals surface area (Å²) >= 11 is 6.10. The normalized spacial score (nSPS) is 12.6. The minimum absolute atomic E-state index is 0.00701. The average molecular weight is 610 g/mol. The van der Waals surface area contributed by atoms with Crippen LogP contribution in [0.25, 0.3) is 21.7 Å². The maximum Gasteiger partial charge on any atom is 0.279 e. The molecule has 3 aromatic carbocycles. The van der Waals surface area contributed by atoms with Crippen molar-refractivity contribution in [2.24, 2.45) is 0 Å². The number of aromatic nitrogens is 1. The summed E-state index contributed by atoms with van der Waals surface area (Å²) in [6.45, 7) is 1.36. The first-order chi connectivity index (χ1) is 20.6. The molecule has 0 radical (unpaired) electrons. The van der Waals surface area contributed by atoms with Crippen molar-refractivity contribution in [3.8, 4) is 17.2 Å². The van der Waals surface area contributed by atoms with Gasteiger partial charge in [0, 0.05) is 36.7 Å². The Bertz CT molecular complexity index is 1750. The van der Waals surface area contributed by atoms with Gasteiger partial charge in [0.25, 0.3) is 17.5 Å². The van der Waals surface area contributed by atoms with Gasteiger partial charge in [-0.2, -0.15) is 0 Å². The number of likely N-dealkylation sites (N-methyl/N-ethyl adjacent to an activating group) is 1. The standard InChI is InChI=1S/C30H32ClN5O7/c1-33(2)10-11-34(16-31)29(37)17-6-7-19-21(12-17)20-8-9-35(23(20)15-24(19)36(39)40)30(38)22-13-18-14-25(41-3)27(42-4)28(43-5)26(18)32-22/h6-7,12-15,32H,8-11,16H2,1-5H3. The molecule has 0 spiro atoms. The number of hydrogen-bond donors (Lipinski definition) is 1. The number of amides is 2. The highest BCUT2D eigenvalue weighted by molar-refractivity contribution is 6.19. The number of methoxy groups -OCH3 is 3. The smallest absolute Gasteiger partial charge is 0.279 e. The van der Waals surface area contributed by atoms with Crippen molar-refractivity contribution in [1.29, 1.82) is 0 Å². The molecule has 0 aliphatic carbocycles. The van der Waals surface area contributed by atoms with E-state index in [1.165, 1.54) is 37.2 Å². The first-order valence-electron chi connectivity index (χ1n) is 13.5.